The van der Waals surface area contributed by atoms with Gasteiger partial charge in [0.2, 0.25) is 0 Å². The highest BCUT2D eigenvalue weighted by Gasteiger charge is 2.28. The number of fused-ring (bicyclic) bond motifs is 10. The van der Waals surface area contributed by atoms with Crippen molar-refractivity contribution in [3.8, 4) is 28.4 Å². The molecule has 0 N–H and O–H groups in total. The minimum Gasteiger partial charge on any atom is -0.457 e. The molecule has 0 radical (unpaired) electrons. The zero-order valence-corrected chi connectivity index (χ0v) is 40.7. The van der Waals surface area contributed by atoms with Crippen LogP contribution in [-0.4, -0.2) is 19.1 Å². The van der Waals surface area contributed by atoms with E-state index in [9.17, 15) is 0 Å². The number of hydrogen-bond acceptors (Lipinski definition) is 4. The lowest BCUT2D eigenvalue weighted by molar-refractivity contribution is 0.483. The Labute approximate surface area is 428 Å². The molecule has 6 heteroatoms. The summed E-state index contributed by atoms with van der Waals surface area (Å²) >= 11 is 0. The van der Waals surface area contributed by atoms with Crippen LogP contribution in [0, 0.1) is 0 Å². The van der Waals surface area contributed by atoms with Crippen LogP contribution in [-0.2, 0) is 22.9 Å². The van der Waals surface area contributed by atoms with E-state index in [1.54, 1.807) is 6.20 Å². The molecule has 0 amide bonds. The maximum absolute atomic E-state index is 8.79. The van der Waals surface area contributed by atoms with Gasteiger partial charge in [0.05, 0.1) is 33.3 Å². The molecule has 0 saturated heterocycles. The van der Waals surface area contributed by atoms with Gasteiger partial charge in [-0.1, -0.05) is 165 Å². The predicted octanol–water partition coefficient (Wildman–Crippen LogP) is 17.6. The Morgan fingerprint density at radius 3 is 1.85 bits per heavy atom. The van der Waals surface area contributed by atoms with Crippen molar-refractivity contribution in [1.82, 2.24) is 19.1 Å². The molecule has 1 aliphatic rings. The molecule has 6 nitrogen and oxygen atoms in total. The summed E-state index contributed by atoms with van der Waals surface area (Å²) < 4.78 is 90.4. The zero-order valence-electron chi connectivity index (χ0n) is 49.7. The first-order valence-corrected chi connectivity index (χ1v) is 24.2. The molecule has 5 heterocycles. The van der Waals surface area contributed by atoms with Gasteiger partial charge in [0, 0.05) is 69.7 Å². The lowest BCUT2D eigenvalue weighted by atomic mass is 9.79. The van der Waals surface area contributed by atoms with Crippen LogP contribution in [0.15, 0.2) is 182 Å². The van der Waals surface area contributed by atoms with E-state index in [0.717, 1.165) is 71.4 Å². The highest BCUT2D eigenvalue weighted by molar-refractivity contribution is 6.21. The van der Waals surface area contributed by atoms with E-state index in [-0.39, 0.29) is 17.6 Å². The van der Waals surface area contributed by atoms with Crippen LogP contribution in [0.25, 0.3) is 82.2 Å². The van der Waals surface area contributed by atoms with Gasteiger partial charge in [-0.3, -0.25) is 9.55 Å². The number of ether oxygens (including phenoxy) is 1. The lowest BCUT2D eigenvalue weighted by Gasteiger charge is -2.26. The summed E-state index contributed by atoms with van der Waals surface area (Å²) in [7, 11) is 0. The van der Waals surface area contributed by atoms with Crippen LogP contribution in [0.3, 0.4) is 0 Å². The number of anilines is 2. The van der Waals surface area contributed by atoms with E-state index in [1.165, 1.54) is 17.7 Å². The normalized spacial score (nSPS) is 15.5. The smallest absolute Gasteiger partial charge is 0.137 e. The number of benzene rings is 7. The number of pyridine rings is 2. The Balaban J connectivity index is 1.08. The van der Waals surface area contributed by atoms with Gasteiger partial charge in [0.1, 0.15) is 24.0 Å². The van der Waals surface area contributed by atoms with E-state index >= 15 is 0 Å². The van der Waals surface area contributed by atoms with Crippen LogP contribution in [0.5, 0.6) is 11.5 Å². The molecule has 71 heavy (non-hydrogen) atoms. The lowest BCUT2D eigenvalue weighted by Crippen LogP contribution is -2.17. The molecule has 0 atom stereocenters. The molecule has 0 bridgehead atoms. The fourth-order valence-electron chi connectivity index (χ4n) is 10.5. The van der Waals surface area contributed by atoms with Crippen molar-refractivity contribution >= 4 is 76.7 Å². The van der Waals surface area contributed by atoms with E-state index in [1.807, 2.05) is 99.8 Å². The Kier molecular flexibility index (Phi) is 8.08. The SMILES string of the molecule is [2H]C([2H])([2H])C(c1cc(-c2ccnc3c4ccccc4c4ccccc4c4cccc5c4n(c23)CN5c2cccc(Oc3ccc4c5ccccc5n(-c5cc(C(C)(C)C)ccn5)c4c3)c2)cc(C(C)(C)C)c1)(C([2H])([2H])[2H])C([2H])([2H])[2H]. The minimum absolute atomic E-state index is 0.0806. The van der Waals surface area contributed by atoms with E-state index in [4.69, 9.17) is 27.0 Å². The van der Waals surface area contributed by atoms with Crippen molar-refractivity contribution in [1.29, 1.82) is 0 Å². The highest BCUT2D eigenvalue weighted by Crippen LogP contribution is 2.46. The Hall–Kier alpha value is -7.96. The van der Waals surface area contributed by atoms with E-state index < -0.39 is 31.4 Å². The zero-order chi connectivity index (χ0) is 56.5. The molecule has 0 spiro atoms. The van der Waals surface area contributed by atoms with Gasteiger partial charge in [-0.05, 0) is 109 Å². The van der Waals surface area contributed by atoms with Crippen LogP contribution < -0.4 is 9.64 Å². The van der Waals surface area contributed by atoms with Crippen LogP contribution in [0.4, 0.5) is 11.4 Å². The summed E-state index contributed by atoms with van der Waals surface area (Å²) in [4.78, 5) is 12.3. The second-order valence-electron chi connectivity index (χ2n) is 20.9. The summed E-state index contributed by atoms with van der Waals surface area (Å²) in [6.07, 6.45) is 3.58. The summed E-state index contributed by atoms with van der Waals surface area (Å²) in [5.41, 5.74) is 4.40. The van der Waals surface area contributed by atoms with Crippen LogP contribution >= 0.6 is 0 Å². The quantitative estimate of drug-likeness (QED) is 0.173. The van der Waals surface area contributed by atoms with Gasteiger partial charge < -0.3 is 14.2 Å². The molecule has 11 aromatic rings. The fraction of sp³-hybridized carbons (Fsp3) is 0.200. The fourth-order valence-corrected chi connectivity index (χ4v) is 10.5. The number of hydrogen-bond donors (Lipinski definition) is 0. The first-order valence-electron chi connectivity index (χ1n) is 28.7. The molecule has 0 unspecified atom stereocenters. The first-order chi connectivity index (χ1) is 37.8. The Morgan fingerprint density at radius 1 is 0.479 bits per heavy atom. The number of aromatic nitrogens is 4. The first kappa shape index (κ1) is 35.2. The topological polar surface area (TPSA) is 48.1 Å². The Bertz CT molecular complexity index is 4350. The second-order valence-corrected chi connectivity index (χ2v) is 20.9. The van der Waals surface area contributed by atoms with Gasteiger partial charge in [-0.15, -0.1) is 0 Å². The monoisotopic (exact) mass is 935 g/mol. The van der Waals surface area contributed by atoms with Crippen LogP contribution in [0.2, 0.25) is 0 Å². The van der Waals surface area contributed by atoms with Crippen LogP contribution in [0.1, 0.15) is 91.1 Å². The van der Waals surface area contributed by atoms with Crippen molar-refractivity contribution in [2.75, 3.05) is 4.90 Å². The molecule has 1 aliphatic heterocycles. The molecule has 0 fully saturated rings. The predicted molar refractivity (Wildman–Crippen MR) is 299 cm³/mol. The third-order valence-electron chi connectivity index (χ3n) is 14.1. The second kappa shape index (κ2) is 16.3. The van der Waals surface area contributed by atoms with Crippen molar-refractivity contribution in [3.05, 3.63) is 199 Å². The average molecular weight is 935 g/mol. The van der Waals surface area contributed by atoms with Gasteiger partial charge >= 0.3 is 0 Å². The van der Waals surface area contributed by atoms with E-state index in [2.05, 4.69) is 120 Å². The number of rotatable bonds is 5. The van der Waals surface area contributed by atoms with Gasteiger partial charge in [-0.25, -0.2) is 4.98 Å². The molecule has 4 aromatic heterocycles. The molecule has 0 aliphatic carbocycles. The third kappa shape index (κ3) is 7.56. The highest BCUT2D eigenvalue weighted by atomic mass is 16.5. The molecule has 12 rings (SSSR count). The largest absolute Gasteiger partial charge is 0.457 e. The Morgan fingerprint density at radius 2 is 1.10 bits per heavy atom. The van der Waals surface area contributed by atoms with Crippen molar-refractivity contribution in [2.45, 2.75) is 85.0 Å². The standard InChI is InChI=1S/C65H59N5O/c1-63(2,3)42-30-32-66-59(37-42)70-56-26-15-14-23-52(56)53-29-28-47(39-58(53)70)71-46-19-16-18-45(38-46)68-40-69-61-55(25-17-27-57(61)68)51-22-11-10-20-49(51)50-21-12-13-24-54(50)60-62(69)48(31-33-67-60)41-34-43(64(4,5)6)36-44(35-41)65(7,8)9/h10-39H,40H2,1-9H3/i4D3,5D3,6D3. The maximum atomic E-state index is 8.79. The van der Waals surface area contributed by atoms with Crippen molar-refractivity contribution < 1.29 is 17.1 Å². The van der Waals surface area contributed by atoms with Gasteiger partial charge in [-0.2, -0.15) is 0 Å². The van der Waals surface area contributed by atoms with Gasteiger partial charge in [0.25, 0.3) is 0 Å². The van der Waals surface area contributed by atoms with Crippen molar-refractivity contribution in [2.24, 2.45) is 0 Å². The number of nitrogens with zero attached hydrogens (tertiary/aromatic N) is 5. The van der Waals surface area contributed by atoms with E-state index in [0.29, 0.717) is 39.2 Å². The summed E-state index contributed by atoms with van der Waals surface area (Å²) in [6.45, 7) is 2.27. The maximum Gasteiger partial charge on any atom is 0.137 e. The summed E-state index contributed by atoms with van der Waals surface area (Å²) in [5.74, 6) is 2.08. The average Bonchev–Trinajstić information content (AvgIpc) is 3.97. The molecular weight excluding hydrogens is 867 g/mol. The third-order valence-corrected chi connectivity index (χ3v) is 14.1. The minimum atomic E-state index is -3.47. The summed E-state index contributed by atoms with van der Waals surface area (Å²) in [5, 5.41) is 6.91. The molecule has 7 aromatic carbocycles. The number of para-hydroxylation sites is 2. The molecular formula is C65H59N5O. The summed E-state index contributed by atoms with van der Waals surface area (Å²) in [6, 6.07) is 56.2. The van der Waals surface area contributed by atoms with Gasteiger partial charge in [0.15, 0.2) is 0 Å². The van der Waals surface area contributed by atoms with Crippen molar-refractivity contribution in [3.63, 3.8) is 0 Å². The molecule has 350 valence electrons. The molecule has 0 saturated carbocycles.